The van der Waals surface area contributed by atoms with E-state index >= 15 is 0 Å². The molecule has 3 aliphatic carbocycles. The minimum Gasteiger partial charge on any atom is -0.458 e. The summed E-state index contributed by atoms with van der Waals surface area (Å²) >= 11 is 0. The van der Waals surface area contributed by atoms with Crippen LogP contribution >= 0.6 is 0 Å². The zero-order chi connectivity index (χ0) is 33.0. The van der Waals surface area contributed by atoms with Crippen molar-refractivity contribution in [1.82, 2.24) is 0 Å². The number of ether oxygens (including phenoxy) is 4. The standard InChI is InChI=1S/C39H44O7/c1-23-28(40)22-27-33(44-36(42)26-16-12-9-13-17-26)32-24(2)29(43-30(41)19-18-25-14-10-8-11-15-25)20-21-39(32,7)35-34(31(23)37(27,3)4)45-38(5,6)46-35/h8-19,27,29,32-35H,2,20-22H2,1,3-7H3/b19-18+/t27-,29-,32-,33+,34+,35-,39+/m0/s1. The van der Waals surface area contributed by atoms with E-state index in [1.54, 1.807) is 30.3 Å². The lowest BCUT2D eigenvalue weighted by Crippen LogP contribution is -2.62. The Labute approximate surface area is 271 Å². The van der Waals surface area contributed by atoms with Crippen molar-refractivity contribution in [2.75, 3.05) is 0 Å². The average molecular weight is 625 g/mol. The fourth-order valence-electron chi connectivity index (χ4n) is 8.50. The second-order valence-electron chi connectivity index (χ2n) is 14.5. The summed E-state index contributed by atoms with van der Waals surface area (Å²) in [6.07, 6.45) is 2.18. The number of hydrogen-bond donors (Lipinski definition) is 0. The van der Waals surface area contributed by atoms with Gasteiger partial charge in [-0.05, 0) is 79.5 Å². The number of fused-ring (bicyclic) bond motifs is 6. The zero-order valence-electron chi connectivity index (χ0n) is 27.6. The molecule has 0 spiro atoms. The van der Waals surface area contributed by atoms with Crippen molar-refractivity contribution in [2.24, 2.45) is 22.7 Å². The molecule has 0 unspecified atom stereocenters. The molecule has 0 aromatic heterocycles. The van der Waals surface area contributed by atoms with Crippen molar-refractivity contribution < 1.29 is 33.3 Å². The van der Waals surface area contributed by atoms with Gasteiger partial charge in [0.05, 0.1) is 11.7 Å². The smallest absolute Gasteiger partial charge is 0.338 e. The lowest BCUT2D eigenvalue weighted by Gasteiger charge is -2.58. The van der Waals surface area contributed by atoms with E-state index in [2.05, 4.69) is 27.4 Å². The summed E-state index contributed by atoms with van der Waals surface area (Å²) in [5.41, 5.74) is 2.36. The van der Waals surface area contributed by atoms with Gasteiger partial charge in [0.2, 0.25) is 0 Å². The molecule has 242 valence electrons. The van der Waals surface area contributed by atoms with Gasteiger partial charge >= 0.3 is 11.9 Å². The van der Waals surface area contributed by atoms with Crippen molar-refractivity contribution in [1.29, 1.82) is 0 Å². The molecule has 2 aromatic rings. The minimum absolute atomic E-state index is 0.00573. The number of rotatable bonds is 5. The molecule has 4 aliphatic rings. The third-order valence-corrected chi connectivity index (χ3v) is 10.8. The monoisotopic (exact) mass is 624 g/mol. The number of ketones is 1. The highest BCUT2D eigenvalue weighted by Crippen LogP contribution is 2.62. The van der Waals surface area contributed by atoms with E-state index in [1.807, 2.05) is 57.2 Å². The van der Waals surface area contributed by atoms with Crippen LogP contribution in [0.3, 0.4) is 0 Å². The van der Waals surface area contributed by atoms with Crippen LogP contribution in [0.4, 0.5) is 0 Å². The van der Waals surface area contributed by atoms with E-state index in [-0.39, 0.29) is 18.1 Å². The van der Waals surface area contributed by atoms with E-state index in [0.29, 0.717) is 29.6 Å². The molecule has 2 aromatic carbocycles. The predicted octanol–water partition coefficient (Wildman–Crippen LogP) is 7.28. The second-order valence-corrected chi connectivity index (χ2v) is 14.5. The van der Waals surface area contributed by atoms with Crippen LogP contribution in [0.5, 0.6) is 0 Å². The molecule has 0 radical (unpaired) electrons. The second kappa shape index (κ2) is 11.8. The number of benzene rings is 2. The van der Waals surface area contributed by atoms with E-state index < -0.39 is 58.9 Å². The Morgan fingerprint density at radius 1 is 0.935 bits per heavy atom. The van der Waals surface area contributed by atoms with Crippen LogP contribution in [0.25, 0.3) is 6.08 Å². The Balaban J connectivity index is 1.44. The fourth-order valence-corrected chi connectivity index (χ4v) is 8.50. The summed E-state index contributed by atoms with van der Waals surface area (Å²) in [7, 11) is 0. The summed E-state index contributed by atoms with van der Waals surface area (Å²) in [6, 6.07) is 18.4. The Hall–Kier alpha value is -3.81. The third-order valence-electron chi connectivity index (χ3n) is 10.8. The Bertz CT molecular complexity index is 1600. The lowest BCUT2D eigenvalue weighted by molar-refractivity contribution is -0.173. The van der Waals surface area contributed by atoms with E-state index in [1.165, 1.54) is 6.08 Å². The summed E-state index contributed by atoms with van der Waals surface area (Å²) < 4.78 is 26.0. The van der Waals surface area contributed by atoms with Crippen molar-refractivity contribution in [3.8, 4) is 0 Å². The molecule has 0 amide bonds. The van der Waals surface area contributed by atoms with Gasteiger partial charge in [-0.15, -0.1) is 0 Å². The van der Waals surface area contributed by atoms with Crippen LogP contribution in [0.2, 0.25) is 0 Å². The number of allylic oxidation sites excluding steroid dienone is 1. The van der Waals surface area contributed by atoms with Gasteiger partial charge in [-0.3, -0.25) is 4.79 Å². The first-order valence-electron chi connectivity index (χ1n) is 16.2. The minimum atomic E-state index is -0.907. The largest absolute Gasteiger partial charge is 0.458 e. The molecule has 7 heteroatoms. The first-order chi connectivity index (χ1) is 21.7. The Kier molecular flexibility index (Phi) is 8.22. The number of Topliss-reactive ketones (excluding diaryl/α,β-unsaturated/α-hetero) is 1. The molecule has 7 atom stereocenters. The SMILES string of the molecule is C=C1[C@@H](OC(=O)/C=C/c2ccccc2)CC[C@@]2(C)[C@H]3OC(C)(C)O[C@@H]3C3=C(C)C(=O)C[C@@H]([C@@H](OC(=O)c4ccccc4)[C@H]12)C3(C)C. The van der Waals surface area contributed by atoms with Gasteiger partial charge in [0.1, 0.15) is 18.3 Å². The highest BCUT2D eigenvalue weighted by atomic mass is 16.8. The summed E-state index contributed by atoms with van der Waals surface area (Å²) in [6.45, 7) is 16.6. The topological polar surface area (TPSA) is 88.1 Å². The van der Waals surface area contributed by atoms with Gasteiger partial charge < -0.3 is 18.9 Å². The fraction of sp³-hybridized carbons (Fsp3) is 0.462. The maximum absolute atomic E-state index is 13.8. The molecule has 1 heterocycles. The summed E-state index contributed by atoms with van der Waals surface area (Å²) in [5.74, 6) is -2.72. The van der Waals surface area contributed by atoms with E-state index in [9.17, 15) is 14.4 Å². The van der Waals surface area contributed by atoms with Gasteiger partial charge in [0, 0.05) is 29.7 Å². The van der Waals surface area contributed by atoms with Crippen LogP contribution in [0.1, 0.15) is 76.7 Å². The van der Waals surface area contributed by atoms with Crippen molar-refractivity contribution >= 4 is 23.8 Å². The Morgan fingerprint density at radius 3 is 2.26 bits per heavy atom. The normalized spacial score (nSPS) is 33.1. The van der Waals surface area contributed by atoms with Gasteiger partial charge in [0.25, 0.3) is 0 Å². The molecule has 2 bridgehead atoms. The summed E-state index contributed by atoms with van der Waals surface area (Å²) in [4.78, 5) is 40.7. The van der Waals surface area contributed by atoms with Crippen molar-refractivity contribution in [2.45, 2.75) is 91.0 Å². The first kappa shape index (κ1) is 32.1. The van der Waals surface area contributed by atoms with Crippen LogP contribution in [-0.2, 0) is 28.5 Å². The van der Waals surface area contributed by atoms with Gasteiger partial charge in [-0.1, -0.05) is 75.9 Å². The highest BCUT2D eigenvalue weighted by Gasteiger charge is 2.66. The van der Waals surface area contributed by atoms with Gasteiger partial charge in [0.15, 0.2) is 11.6 Å². The average Bonchev–Trinajstić information content (AvgIpc) is 3.34. The maximum Gasteiger partial charge on any atom is 0.338 e. The van der Waals surface area contributed by atoms with E-state index in [4.69, 9.17) is 18.9 Å². The lowest BCUT2D eigenvalue weighted by atomic mass is 9.49. The van der Waals surface area contributed by atoms with Crippen LogP contribution < -0.4 is 0 Å². The summed E-state index contributed by atoms with van der Waals surface area (Å²) in [5, 5.41) is 0. The van der Waals surface area contributed by atoms with Gasteiger partial charge in [-0.2, -0.15) is 0 Å². The molecular formula is C39H44O7. The molecule has 46 heavy (non-hydrogen) atoms. The molecule has 1 aliphatic heterocycles. The molecule has 7 nitrogen and oxygen atoms in total. The first-order valence-corrected chi connectivity index (χ1v) is 16.2. The zero-order valence-corrected chi connectivity index (χ0v) is 27.6. The number of carbonyl (C=O) groups is 3. The van der Waals surface area contributed by atoms with Crippen LogP contribution in [-0.4, -0.2) is 47.9 Å². The van der Waals surface area contributed by atoms with Crippen molar-refractivity contribution in [3.63, 3.8) is 0 Å². The molecule has 6 rings (SSSR count). The molecule has 1 saturated heterocycles. The van der Waals surface area contributed by atoms with Crippen LogP contribution in [0, 0.1) is 22.7 Å². The van der Waals surface area contributed by atoms with Crippen LogP contribution in [0.15, 0.2) is 90.0 Å². The number of esters is 2. The highest BCUT2D eigenvalue weighted by molar-refractivity contribution is 5.97. The number of carbonyl (C=O) groups excluding carboxylic acids is 3. The quantitative estimate of drug-likeness (QED) is 0.196. The Morgan fingerprint density at radius 2 is 1.59 bits per heavy atom. The van der Waals surface area contributed by atoms with Gasteiger partial charge in [-0.25, -0.2) is 9.59 Å². The molecule has 0 N–H and O–H groups in total. The number of hydrogen-bond acceptors (Lipinski definition) is 7. The van der Waals surface area contributed by atoms with E-state index in [0.717, 1.165) is 11.1 Å². The predicted molar refractivity (Wildman–Crippen MR) is 174 cm³/mol. The molecule has 3 fully saturated rings. The van der Waals surface area contributed by atoms with Crippen molar-refractivity contribution in [3.05, 3.63) is 101 Å². The molecular weight excluding hydrogens is 580 g/mol. The maximum atomic E-state index is 13.8. The third kappa shape index (κ3) is 5.58. The molecule has 2 saturated carbocycles.